The van der Waals surface area contributed by atoms with E-state index >= 15 is 0 Å². The minimum absolute atomic E-state index is 0.202. The Labute approximate surface area is 156 Å². The highest BCUT2D eigenvalue weighted by molar-refractivity contribution is 5.54. The van der Waals surface area contributed by atoms with E-state index in [1.54, 1.807) is 6.92 Å². The van der Waals surface area contributed by atoms with Crippen LogP contribution in [0.3, 0.4) is 0 Å². The van der Waals surface area contributed by atoms with E-state index in [-0.39, 0.29) is 5.69 Å². The lowest BCUT2D eigenvalue weighted by atomic mass is 9.77. The summed E-state index contributed by atoms with van der Waals surface area (Å²) in [7, 11) is 0. The van der Waals surface area contributed by atoms with Crippen LogP contribution in [0, 0.1) is 30.5 Å². The number of rotatable bonds is 3. The molecule has 3 rings (SSSR count). The summed E-state index contributed by atoms with van der Waals surface area (Å²) >= 11 is 0. The predicted octanol–water partition coefficient (Wildman–Crippen LogP) is 6.19. The van der Waals surface area contributed by atoms with Gasteiger partial charge in [0.15, 0.2) is 0 Å². The molecular weight excluding hydrogens is 321 g/mol. The minimum Gasteiger partial charge on any atom is -0.396 e. The number of nitrogens with two attached hydrogens (primary N) is 1. The molecule has 2 aromatic carbocycles. The highest BCUT2D eigenvalue weighted by Gasteiger charge is 2.21. The Bertz CT molecular complexity index is 779. The zero-order valence-corrected chi connectivity index (χ0v) is 15.8. The molecule has 0 saturated heterocycles. The third-order valence-corrected chi connectivity index (χ3v) is 5.61. The molecule has 1 aliphatic rings. The fourth-order valence-corrected chi connectivity index (χ4v) is 4.00. The Balaban J connectivity index is 1.66. The summed E-state index contributed by atoms with van der Waals surface area (Å²) in [5, 5.41) is 0. The number of benzene rings is 2. The molecule has 0 radical (unpaired) electrons. The minimum atomic E-state index is -0.400. The summed E-state index contributed by atoms with van der Waals surface area (Å²) < 4.78 is 13.7. The number of nitrogen functional groups attached to an aromatic ring is 1. The van der Waals surface area contributed by atoms with Gasteiger partial charge in [-0.25, -0.2) is 4.39 Å². The normalized spacial score (nSPS) is 19.7. The van der Waals surface area contributed by atoms with Gasteiger partial charge in [-0.3, -0.25) is 0 Å². The summed E-state index contributed by atoms with van der Waals surface area (Å²) in [5.41, 5.74) is 9.63. The first-order chi connectivity index (χ1) is 12.6. The molecule has 0 amide bonds. The summed E-state index contributed by atoms with van der Waals surface area (Å²) in [6, 6.07) is 11.8. The van der Waals surface area contributed by atoms with Crippen LogP contribution in [0.25, 0.3) is 0 Å². The molecule has 0 spiro atoms. The van der Waals surface area contributed by atoms with Crippen molar-refractivity contribution in [1.29, 1.82) is 0 Å². The van der Waals surface area contributed by atoms with Gasteiger partial charge in [-0.2, -0.15) is 0 Å². The van der Waals surface area contributed by atoms with Crippen LogP contribution < -0.4 is 5.73 Å². The summed E-state index contributed by atoms with van der Waals surface area (Å²) in [5.74, 6) is 7.40. The Morgan fingerprint density at radius 2 is 1.65 bits per heavy atom. The molecule has 2 heteroatoms. The van der Waals surface area contributed by atoms with Crippen molar-refractivity contribution in [2.45, 2.75) is 58.3 Å². The van der Waals surface area contributed by atoms with Crippen LogP contribution in [0.4, 0.5) is 10.1 Å². The topological polar surface area (TPSA) is 26.0 Å². The van der Waals surface area contributed by atoms with Crippen LogP contribution in [0.1, 0.15) is 73.6 Å². The van der Waals surface area contributed by atoms with Crippen molar-refractivity contribution >= 4 is 5.69 Å². The van der Waals surface area contributed by atoms with E-state index in [1.807, 2.05) is 6.07 Å². The second kappa shape index (κ2) is 8.41. The number of hydrogen-bond acceptors (Lipinski definition) is 1. The SMILES string of the molecule is CCCC1CCC(c2ccc(C#Cc3cc(C)c(N)c(F)c3)cc2)CC1. The Morgan fingerprint density at radius 1 is 1.00 bits per heavy atom. The van der Waals surface area contributed by atoms with Gasteiger partial charge in [-0.1, -0.05) is 43.7 Å². The summed E-state index contributed by atoms with van der Waals surface area (Å²) in [4.78, 5) is 0. The molecule has 1 saturated carbocycles. The van der Waals surface area contributed by atoms with E-state index in [2.05, 4.69) is 43.0 Å². The van der Waals surface area contributed by atoms with Gasteiger partial charge in [0, 0.05) is 11.1 Å². The average molecular weight is 349 g/mol. The fraction of sp³-hybridized carbons (Fsp3) is 0.417. The third kappa shape index (κ3) is 4.47. The van der Waals surface area contributed by atoms with E-state index in [4.69, 9.17) is 5.73 Å². The van der Waals surface area contributed by atoms with Crippen molar-refractivity contribution in [2.24, 2.45) is 5.92 Å². The molecule has 0 aliphatic heterocycles. The standard InChI is InChI=1S/C24H28FN/c1-3-4-18-7-11-21(12-8-18)22-13-9-19(10-14-22)5-6-20-15-17(2)24(26)23(25)16-20/h9-10,13-16,18,21H,3-4,7-8,11-12,26H2,1-2H3. The van der Waals surface area contributed by atoms with Crippen molar-refractivity contribution in [3.63, 3.8) is 0 Å². The highest BCUT2D eigenvalue weighted by Crippen LogP contribution is 2.37. The van der Waals surface area contributed by atoms with Crippen LogP contribution in [0.15, 0.2) is 36.4 Å². The van der Waals surface area contributed by atoms with E-state index in [0.29, 0.717) is 11.5 Å². The fourth-order valence-electron chi connectivity index (χ4n) is 4.00. The maximum atomic E-state index is 13.7. The van der Waals surface area contributed by atoms with E-state index in [0.717, 1.165) is 17.0 Å². The van der Waals surface area contributed by atoms with Gasteiger partial charge in [0.05, 0.1) is 5.69 Å². The quantitative estimate of drug-likeness (QED) is 0.519. The molecule has 2 N–H and O–H groups in total. The van der Waals surface area contributed by atoms with Gasteiger partial charge in [-0.15, -0.1) is 0 Å². The van der Waals surface area contributed by atoms with Crippen LogP contribution in [0.2, 0.25) is 0 Å². The number of hydrogen-bond donors (Lipinski definition) is 1. The van der Waals surface area contributed by atoms with E-state index < -0.39 is 5.82 Å². The molecule has 1 fully saturated rings. The third-order valence-electron chi connectivity index (χ3n) is 5.61. The maximum absolute atomic E-state index is 13.7. The van der Waals surface area contributed by atoms with Crippen molar-refractivity contribution in [2.75, 3.05) is 5.73 Å². The average Bonchev–Trinajstić information content (AvgIpc) is 2.66. The van der Waals surface area contributed by atoms with Crippen LogP contribution in [-0.4, -0.2) is 0 Å². The van der Waals surface area contributed by atoms with Gasteiger partial charge >= 0.3 is 0 Å². The van der Waals surface area contributed by atoms with Gasteiger partial charge in [0.1, 0.15) is 5.82 Å². The van der Waals surface area contributed by atoms with Crippen LogP contribution in [0.5, 0.6) is 0 Å². The van der Waals surface area contributed by atoms with Gasteiger partial charge in [0.25, 0.3) is 0 Å². The number of anilines is 1. The first kappa shape index (κ1) is 18.5. The number of aryl methyl sites for hydroxylation is 1. The first-order valence-electron chi connectivity index (χ1n) is 9.74. The lowest BCUT2D eigenvalue weighted by Gasteiger charge is -2.28. The lowest BCUT2D eigenvalue weighted by Crippen LogP contribution is -2.13. The van der Waals surface area contributed by atoms with Crippen LogP contribution >= 0.6 is 0 Å². The molecule has 0 heterocycles. The smallest absolute Gasteiger partial charge is 0.147 e. The molecule has 0 bridgehead atoms. The second-order valence-corrected chi connectivity index (χ2v) is 7.57. The largest absolute Gasteiger partial charge is 0.396 e. The van der Waals surface area contributed by atoms with E-state index in [9.17, 15) is 4.39 Å². The van der Waals surface area contributed by atoms with Crippen molar-refractivity contribution in [1.82, 2.24) is 0 Å². The molecule has 2 aromatic rings. The molecule has 136 valence electrons. The lowest BCUT2D eigenvalue weighted by molar-refractivity contribution is 0.308. The molecule has 1 nitrogen and oxygen atoms in total. The Hall–Kier alpha value is -2.27. The molecule has 0 atom stereocenters. The summed E-state index contributed by atoms with van der Waals surface area (Å²) in [6.45, 7) is 4.08. The Kier molecular flexibility index (Phi) is 5.99. The van der Waals surface area contributed by atoms with Crippen LogP contribution in [-0.2, 0) is 0 Å². The molecule has 0 aromatic heterocycles. The molecule has 1 aliphatic carbocycles. The highest BCUT2D eigenvalue weighted by atomic mass is 19.1. The van der Waals surface area contributed by atoms with Gasteiger partial charge < -0.3 is 5.73 Å². The zero-order valence-electron chi connectivity index (χ0n) is 15.8. The van der Waals surface area contributed by atoms with E-state index in [1.165, 1.54) is 50.2 Å². The van der Waals surface area contributed by atoms with Gasteiger partial charge in [0.2, 0.25) is 0 Å². The Morgan fingerprint density at radius 3 is 2.27 bits per heavy atom. The number of halogens is 1. The maximum Gasteiger partial charge on any atom is 0.147 e. The molecule has 26 heavy (non-hydrogen) atoms. The second-order valence-electron chi connectivity index (χ2n) is 7.57. The van der Waals surface area contributed by atoms with Crippen molar-refractivity contribution in [3.05, 3.63) is 64.5 Å². The molecule has 0 unspecified atom stereocenters. The monoisotopic (exact) mass is 349 g/mol. The predicted molar refractivity (Wildman–Crippen MR) is 108 cm³/mol. The van der Waals surface area contributed by atoms with Crippen molar-refractivity contribution in [3.8, 4) is 11.8 Å². The van der Waals surface area contributed by atoms with Gasteiger partial charge in [-0.05, 0) is 79.8 Å². The first-order valence-corrected chi connectivity index (χ1v) is 9.74. The zero-order chi connectivity index (χ0) is 18.5. The summed E-state index contributed by atoms with van der Waals surface area (Å²) in [6.07, 6.45) is 8.02. The van der Waals surface area contributed by atoms with Crippen molar-refractivity contribution < 1.29 is 4.39 Å². The molecular formula is C24H28FN.